The molecule has 2 aromatic rings. The van der Waals surface area contributed by atoms with Gasteiger partial charge in [0.15, 0.2) is 0 Å². The van der Waals surface area contributed by atoms with Crippen LogP contribution in [0.4, 0.5) is 0 Å². The Balaban J connectivity index is 1.89. The van der Waals surface area contributed by atoms with Gasteiger partial charge in [-0.2, -0.15) is 0 Å². The maximum atomic E-state index is 11.6. The second-order valence-corrected chi connectivity index (χ2v) is 7.08. The predicted molar refractivity (Wildman–Crippen MR) is 112 cm³/mol. The van der Waals surface area contributed by atoms with Gasteiger partial charge in [-0.25, -0.2) is 4.79 Å². The number of esters is 2. The number of benzene rings is 2. The van der Waals surface area contributed by atoms with E-state index in [0.717, 1.165) is 36.8 Å². The molecule has 0 N–H and O–H groups in total. The first-order valence-corrected chi connectivity index (χ1v) is 9.98. The minimum atomic E-state index is -0.331. The highest BCUT2D eigenvalue weighted by Gasteiger charge is 2.12. The lowest BCUT2D eigenvalue weighted by Gasteiger charge is -2.18. The quantitative estimate of drug-likeness (QED) is 0.387. The van der Waals surface area contributed by atoms with Crippen LogP contribution in [-0.2, 0) is 32.0 Å². The number of carbonyl (C=O) groups is 2. The second kappa shape index (κ2) is 12.7. The molecule has 0 aliphatic heterocycles. The minimum absolute atomic E-state index is 0.166. The first kappa shape index (κ1) is 22.6. The first-order chi connectivity index (χ1) is 14.1. The van der Waals surface area contributed by atoms with Gasteiger partial charge in [-0.15, -0.1) is 0 Å². The topological polar surface area (TPSA) is 61.8 Å². The molecule has 2 rings (SSSR count). The van der Waals surface area contributed by atoms with E-state index in [0.29, 0.717) is 31.1 Å². The lowest BCUT2D eigenvalue weighted by molar-refractivity contribution is -0.140. The molecule has 29 heavy (non-hydrogen) atoms. The molecule has 0 aliphatic carbocycles. The number of rotatable bonds is 12. The van der Waals surface area contributed by atoms with Crippen molar-refractivity contribution in [2.45, 2.75) is 38.7 Å². The van der Waals surface area contributed by atoms with Crippen molar-refractivity contribution in [3.8, 4) is 0 Å². The fourth-order valence-corrected chi connectivity index (χ4v) is 3.19. The molecule has 2 aromatic carbocycles. The van der Waals surface area contributed by atoms with E-state index in [1.165, 1.54) is 14.2 Å². The third kappa shape index (κ3) is 8.48. The van der Waals surface area contributed by atoms with Gasteiger partial charge in [0.05, 0.1) is 33.0 Å². The average Bonchev–Trinajstić information content (AvgIpc) is 2.77. The number of ether oxygens (including phenoxy) is 3. The average molecular weight is 398 g/mol. The third-order valence-corrected chi connectivity index (χ3v) is 4.84. The summed E-state index contributed by atoms with van der Waals surface area (Å²) in [5.74, 6) is -0.164. The highest BCUT2D eigenvalue weighted by molar-refractivity contribution is 5.89. The van der Waals surface area contributed by atoms with Gasteiger partial charge in [0.2, 0.25) is 0 Å². The monoisotopic (exact) mass is 398 g/mol. The summed E-state index contributed by atoms with van der Waals surface area (Å²) in [6, 6.07) is 17.6. The Bertz CT molecular complexity index is 740. The summed E-state index contributed by atoms with van der Waals surface area (Å²) < 4.78 is 15.4. The Kier molecular flexibility index (Phi) is 9.93. The molecule has 0 aliphatic rings. The molecule has 156 valence electrons. The summed E-state index contributed by atoms with van der Waals surface area (Å²) in [5, 5.41) is 0. The Morgan fingerprint density at radius 2 is 1.59 bits per heavy atom. The Hall–Kier alpha value is -2.66. The van der Waals surface area contributed by atoms with Gasteiger partial charge in [-0.05, 0) is 48.4 Å². The SMILES string of the molecule is COC(=O)CCCCC(COCc1ccccc1)Cc1ccc(C(=O)OC)cc1. The molecule has 0 heterocycles. The lowest BCUT2D eigenvalue weighted by atomic mass is 9.94. The molecular formula is C24H30O5. The fraction of sp³-hybridized carbons (Fsp3) is 0.417. The number of methoxy groups -OCH3 is 2. The normalized spacial score (nSPS) is 11.7. The van der Waals surface area contributed by atoms with Crippen LogP contribution in [0.2, 0.25) is 0 Å². The van der Waals surface area contributed by atoms with Crippen molar-refractivity contribution >= 4 is 11.9 Å². The second-order valence-electron chi connectivity index (χ2n) is 7.08. The van der Waals surface area contributed by atoms with Crippen molar-refractivity contribution in [1.82, 2.24) is 0 Å². The number of hydrogen-bond acceptors (Lipinski definition) is 5. The summed E-state index contributed by atoms with van der Waals surface area (Å²) in [7, 11) is 2.80. The van der Waals surface area contributed by atoms with E-state index >= 15 is 0 Å². The number of hydrogen-bond donors (Lipinski definition) is 0. The molecule has 0 bridgehead atoms. The van der Waals surface area contributed by atoms with Crippen LogP contribution in [-0.4, -0.2) is 32.8 Å². The molecule has 0 spiro atoms. The van der Waals surface area contributed by atoms with Crippen LogP contribution in [0, 0.1) is 5.92 Å². The van der Waals surface area contributed by atoms with E-state index in [9.17, 15) is 9.59 Å². The zero-order valence-electron chi connectivity index (χ0n) is 17.3. The summed E-state index contributed by atoms with van der Waals surface area (Å²) in [6.45, 7) is 1.23. The number of carbonyl (C=O) groups excluding carboxylic acids is 2. The first-order valence-electron chi connectivity index (χ1n) is 9.98. The highest BCUT2D eigenvalue weighted by Crippen LogP contribution is 2.18. The molecule has 0 saturated heterocycles. The standard InChI is InChI=1S/C24H30O5/c1-27-23(25)11-7-6-10-21(18-29-17-20-8-4-3-5-9-20)16-19-12-14-22(15-13-19)24(26)28-2/h3-5,8-9,12-15,21H,6-7,10-11,16-18H2,1-2H3. The summed E-state index contributed by atoms with van der Waals surface area (Å²) in [4.78, 5) is 22.9. The molecule has 0 aromatic heterocycles. The summed E-state index contributed by atoms with van der Waals surface area (Å²) >= 11 is 0. The molecule has 1 atom stereocenters. The fourth-order valence-electron chi connectivity index (χ4n) is 3.19. The van der Waals surface area contributed by atoms with Crippen LogP contribution in [0.15, 0.2) is 54.6 Å². The van der Waals surface area contributed by atoms with Gasteiger partial charge < -0.3 is 14.2 Å². The minimum Gasteiger partial charge on any atom is -0.469 e. The van der Waals surface area contributed by atoms with Gasteiger partial charge in [-0.3, -0.25) is 4.79 Å². The zero-order chi connectivity index (χ0) is 20.9. The van der Waals surface area contributed by atoms with Gasteiger partial charge in [0.1, 0.15) is 0 Å². The molecule has 0 radical (unpaired) electrons. The van der Waals surface area contributed by atoms with Gasteiger partial charge in [0.25, 0.3) is 0 Å². The predicted octanol–water partition coefficient (Wildman–Crippen LogP) is 4.58. The van der Waals surface area contributed by atoms with Crippen LogP contribution in [0.25, 0.3) is 0 Å². The molecule has 0 amide bonds. The smallest absolute Gasteiger partial charge is 0.337 e. The van der Waals surface area contributed by atoms with Crippen molar-refractivity contribution in [2.75, 3.05) is 20.8 Å². The molecular weight excluding hydrogens is 368 g/mol. The van der Waals surface area contributed by atoms with Gasteiger partial charge in [0, 0.05) is 6.42 Å². The molecule has 5 heteroatoms. The Labute approximate surface area is 173 Å². The van der Waals surface area contributed by atoms with Crippen molar-refractivity contribution in [1.29, 1.82) is 0 Å². The Morgan fingerprint density at radius 1 is 0.862 bits per heavy atom. The van der Waals surface area contributed by atoms with Crippen molar-refractivity contribution in [3.05, 3.63) is 71.3 Å². The van der Waals surface area contributed by atoms with Gasteiger partial charge in [-0.1, -0.05) is 48.9 Å². The van der Waals surface area contributed by atoms with E-state index < -0.39 is 0 Å². The summed E-state index contributed by atoms with van der Waals surface area (Å²) in [5.41, 5.74) is 2.85. The van der Waals surface area contributed by atoms with Crippen LogP contribution in [0.1, 0.15) is 47.2 Å². The molecule has 0 saturated carbocycles. The van der Waals surface area contributed by atoms with Crippen molar-refractivity contribution < 1.29 is 23.8 Å². The van der Waals surface area contributed by atoms with E-state index in [1.54, 1.807) is 12.1 Å². The molecule has 1 unspecified atom stereocenters. The lowest BCUT2D eigenvalue weighted by Crippen LogP contribution is -2.13. The number of unbranched alkanes of at least 4 members (excludes halogenated alkanes) is 1. The van der Waals surface area contributed by atoms with Crippen LogP contribution >= 0.6 is 0 Å². The highest BCUT2D eigenvalue weighted by atomic mass is 16.5. The van der Waals surface area contributed by atoms with Crippen LogP contribution < -0.4 is 0 Å². The van der Waals surface area contributed by atoms with Crippen molar-refractivity contribution in [3.63, 3.8) is 0 Å². The van der Waals surface area contributed by atoms with E-state index in [-0.39, 0.29) is 11.9 Å². The molecule has 5 nitrogen and oxygen atoms in total. The third-order valence-electron chi connectivity index (χ3n) is 4.84. The maximum Gasteiger partial charge on any atom is 0.337 e. The van der Waals surface area contributed by atoms with Crippen LogP contribution in [0.5, 0.6) is 0 Å². The van der Waals surface area contributed by atoms with E-state index in [4.69, 9.17) is 14.2 Å². The Morgan fingerprint density at radius 3 is 2.24 bits per heavy atom. The van der Waals surface area contributed by atoms with E-state index in [2.05, 4.69) is 12.1 Å². The largest absolute Gasteiger partial charge is 0.469 e. The zero-order valence-corrected chi connectivity index (χ0v) is 17.3. The van der Waals surface area contributed by atoms with E-state index in [1.807, 2.05) is 30.3 Å². The van der Waals surface area contributed by atoms with Crippen molar-refractivity contribution in [2.24, 2.45) is 5.92 Å². The molecule has 0 fully saturated rings. The van der Waals surface area contributed by atoms with Crippen LogP contribution in [0.3, 0.4) is 0 Å². The maximum absolute atomic E-state index is 11.6. The van der Waals surface area contributed by atoms with Gasteiger partial charge >= 0.3 is 11.9 Å². The summed E-state index contributed by atoms with van der Waals surface area (Å²) in [6.07, 6.45) is 4.01.